The molecule has 1 heterocycles. The molecule has 3 rings (SSSR count). The van der Waals surface area contributed by atoms with Crippen molar-refractivity contribution in [1.29, 1.82) is 5.26 Å². The number of benzene rings is 2. The van der Waals surface area contributed by atoms with Gasteiger partial charge >= 0.3 is 5.97 Å². The van der Waals surface area contributed by atoms with Crippen LogP contribution in [0.15, 0.2) is 52.7 Å². The van der Waals surface area contributed by atoms with Gasteiger partial charge in [-0.3, -0.25) is 14.9 Å². The van der Waals surface area contributed by atoms with Gasteiger partial charge in [0.25, 0.3) is 5.69 Å². The lowest BCUT2D eigenvalue weighted by Crippen LogP contribution is -2.28. The van der Waals surface area contributed by atoms with Crippen molar-refractivity contribution in [3.05, 3.63) is 52.6 Å². The molecular formula is C21H21N6O4S+. The number of esters is 1. The Hall–Kier alpha value is -3.91. The summed E-state index contributed by atoms with van der Waals surface area (Å²) in [5.41, 5.74) is 2.33. The van der Waals surface area contributed by atoms with E-state index in [0.29, 0.717) is 35.6 Å². The van der Waals surface area contributed by atoms with E-state index in [0.717, 1.165) is 11.2 Å². The van der Waals surface area contributed by atoms with Crippen molar-refractivity contribution in [3.8, 4) is 6.07 Å². The molecule has 0 N–H and O–H groups in total. The number of rotatable bonds is 9. The predicted molar refractivity (Wildman–Crippen MR) is 119 cm³/mol. The summed E-state index contributed by atoms with van der Waals surface area (Å²) in [7, 11) is 1.86. The van der Waals surface area contributed by atoms with Gasteiger partial charge in [0.15, 0.2) is 18.6 Å². The zero-order chi connectivity index (χ0) is 23.1. The summed E-state index contributed by atoms with van der Waals surface area (Å²) in [5, 5.41) is 29.8. The first-order chi connectivity index (χ1) is 15.4. The minimum absolute atomic E-state index is 0.00270. The van der Waals surface area contributed by atoms with Gasteiger partial charge in [-0.1, -0.05) is 0 Å². The number of azo groups is 1. The number of nitro groups is 1. The van der Waals surface area contributed by atoms with Crippen LogP contribution in [0.5, 0.6) is 0 Å². The highest BCUT2D eigenvalue weighted by Gasteiger charge is 2.19. The van der Waals surface area contributed by atoms with Crippen LogP contribution in [0.2, 0.25) is 0 Å². The SMILES string of the molecule is CC(=O)OCCN(CCC#N)c1ccc(N=Nc2s[n+](C)c3ccc([N+](=O)[O-])cc23)cc1. The molecule has 0 unspecified atom stereocenters. The van der Waals surface area contributed by atoms with Gasteiger partial charge in [-0.25, -0.2) is 0 Å². The average molecular weight is 454 g/mol. The summed E-state index contributed by atoms with van der Waals surface area (Å²) in [6.45, 7) is 2.57. The van der Waals surface area contributed by atoms with Crippen molar-refractivity contribution in [2.75, 3.05) is 24.6 Å². The van der Waals surface area contributed by atoms with Gasteiger partial charge in [-0.05, 0) is 24.3 Å². The molecule has 0 spiro atoms. The number of aromatic nitrogens is 1. The van der Waals surface area contributed by atoms with Gasteiger partial charge in [-0.2, -0.15) is 5.26 Å². The average Bonchev–Trinajstić information content (AvgIpc) is 3.10. The maximum Gasteiger partial charge on any atom is 0.302 e. The van der Waals surface area contributed by atoms with Gasteiger partial charge in [0.1, 0.15) is 6.61 Å². The highest BCUT2D eigenvalue weighted by Crippen LogP contribution is 2.33. The van der Waals surface area contributed by atoms with Crippen LogP contribution in [0.4, 0.5) is 22.1 Å². The minimum atomic E-state index is -0.434. The second-order valence-electron chi connectivity index (χ2n) is 6.80. The number of non-ortho nitro benzene ring substituents is 1. The molecule has 10 nitrogen and oxygen atoms in total. The molecular weight excluding hydrogens is 432 g/mol. The largest absolute Gasteiger partial charge is 0.464 e. The quantitative estimate of drug-likeness (QED) is 0.156. The van der Waals surface area contributed by atoms with Crippen molar-refractivity contribution in [3.63, 3.8) is 0 Å². The highest BCUT2D eigenvalue weighted by atomic mass is 32.1. The predicted octanol–water partition coefficient (Wildman–Crippen LogP) is 4.33. The van der Waals surface area contributed by atoms with Crippen LogP contribution in [-0.2, 0) is 16.6 Å². The smallest absolute Gasteiger partial charge is 0.302 e. The van der Waals surface area contributed by atoms with Crippen molar-refractivity contribution in [2.45, 2.75) is 13.3 Å². The Balaban J connectivity index is 1.78. The number of fused-ring (bicyclic) bond motifs is 1. The Bertz CT molecular complexity index is 1200. The number of aryl methyl sites for hydroxylation is 1. The highest BCUT2D eigenvalue weighted by molar-refractivity contribution is 7.07. The molecule has 0 saturated carbocycles. The van der Waals surface area contributed by atoms with Crippen molar-refractivity contribution in [2.24, 2.45) is 17.3 Å². The van der Waals surface area contributed by atoms with Crippen LogP contribution in [0.25, 0.3) is 10.9 Å². The molecule has 11 heteroatoms. The Kier molecular flexibility index (Phi) is 7.41. The van der Waals surface area contributed by atoms with Crippen molar-refractivity contribution >= 4 is 50.5 Å². The van der Waals surface area contributed by atoms with E-state index in [9.17, 15) is 14.9 Å². The molecule has 0 saturated heterocycles. The van der Waals surface area contributed by atoms with E-state index in [-0.39, 0.29) is 18.3 Å². The summed E-state index contributed by atoms with van der Waals surface area (Å²) in [4.78, 5) is 23.6. The molecule has 1 aromatic heterocycles. The minimum Gasteiger partial charge on any atom is -0.464 e. The molecule has 0 atom stereocenters. The molecule has 164 valence electrons. The molecule has 0 aliphatic carbocycles. The zero-order valence-corrected chi connectivity index (χ0v) is 18.4. The van der Waals surface area contributed by atoms with E-state index in [1.165, 1.54) is 30.6 Å². The third kappa shape index (κ3) is 5.61. The first-order valence-electron chi connectivity index (χ1n) is 9.73. The fourth-order valence-electron chi connectivity index (χ4n) is 3.07. The lowest BCUT2D eigenvalue weighted by atomic mass is 10.2. The van der Waals surface area contributed by atoms with Crippen LogP contribution >= 0.6 is 11.5 Å². The molecule has 32 heavy (non-hydrogen) atoms. The second-order valence-corrected chi connectivity index (χ2v) is 7.92. The van der Waals surface area contributed by atoms with Gasteiger partial charge in [0.2, 0.25) is 10.5 Å². The fourth-order valence-corrected chi connectivity index (χ4v) is 3.93. The Morgan fingerprint density at radius 3 is 2.66 bits per heavy atom. The Morgan fingerprint density at radius 1 is 1.25 bits per heavy atom. The molecule has 0 aliphatic rings. The lowest BCUT2D eigenvalue weighted by molar-refractivity contribution is -0.573. The fraction of sp³-hybridized carbons (Fsp3) is 0.286. The van der Waals surface area contributed by atoms with Gasteiger partial charge < -0.3 is 9.64 Å². The maximum atomic E-state index is 11.1. The van der Waals surface area contributed by atoms with Crippen LogP contribution in [0, 0.1) is 21.4 Å². The van der Waals surface area contributed by atoms with Gasteiger partial charge in [-0.15, -0.1) is 14.2 Å². The maximum absolute atomic E-state index is 11.1. The number of carbonyl (C=O) groups is 1. The summed E-state index contributed by atoms with van der Waals surface area (Å²) < 4.78 is 6.89. The normalized spacial score (nSPS) is 10.9. The number of hydrogen-bond acceptors (Lipinski definition) is 9. The van der Waals surface area contributed by atoms with E-state index < -0.39 is 4.92 Å². The topological polar surface area (TPSA) is 125 Å². The Labute approximate surface area is 188 Å². The van der Waals surface area contributed by atoms with Crippen molar-refractivity contribution in [1.82, 2.24) is 0 Å². The third-order valence-corrected chi connectivity index (χ3v) is 5.56. The standard InChI is InChI=1S/C21H21N6O4S/c1-15(28)31-13-12-26(11-3-10-22)17-6-4-16(5-7-17)23-24-21-19-14-18(27(29)30)8-9-20(19)25(2)32-21/h4-9,14H,3,11-13H2,1-2H3/q+1. The number of anilines is 1. The number of carbonyl (C=O) groups excluding carboxylic acids is 1. The zero-order valence-electron chi connectivity index (χ0n) is 17.6. The van der Waals surface area contributed by atoms with E-state index in [4.69, 9.17) is 10.00 Å². The van der Waals surface area contributed by atoms with Gasteiger partial charge in [0, 0.05) is 37.4 Å². The van der Waals surface area contributed by atoms with E-state index >= 15 is 0 Å². The molecule has 0 aliphatic heterocycles. The van der Waals surface area contributed by atoms with Crippen LogP contribution in [0.1, 0.15) is 13.3 Å². The first-order valence-corrected chi connectivity index (χ1v) is 10.5. The van der Waals surface area contributed by atoms with Crippen LogP contribution in [-0.4, -0.2) is 30.6 Å². The summed E-state index contributed by atoms with van der Waals surface area (Å²) in [6.07, 6.45) is 0.343. The lowest BCUT2D eigenvalue weighted by Gasteiger charge is -2.23. The van der Waals surface area contributed by atoms with Crippen LogP contribution in [0.3, 0.4) is 0 Å². The third-order valence-electron chi connectivity index (χ3n) is 4.62. The molecule has 0 amide bonds. The van der Waals surface area contributed by atoms with Gasteiger partial charge in [0.05, 0.1) is 35.0 Å². The number of nitro benzene ring substituents is 1. The molecule has 0 radical (unpaired) electrons. The summed E-state index contributed by atoms with van der Waals surface area (Å²) in [6, 6.07) is 14.1. The van der Waals surface area contributed by atoms with E-state index in [2.05, 4.69) is 16.3 Å². The molecule has 2 aromatic carbocycles. The monoisotopic (exact) mass is 453 g/mol. The summed E-state index contributed by atoms with van der Waals surface area (Å²) >= 11 is 1.35. The van der Waals surface area contributed by atoms with Crippen LogP contribution < -0.4 is 8.86 Å². The number of nitrogens with zero attached hydrogens (tertiary/aromatic N) is 6. The number of ether oxygens (including phenoxy) is 1. The molecule has 3 aromatic rings. The second kappa shape index (κ2) is 10.4. The summed E-state index contributed by atoms with van der Waals surface area (Å²) in [5.74, 6) is -0.346. The van der Waals surface area contributed by atoms with Crippen molar-refractivity contribution < 1.29 is 18.4 Å². The number of nitriles is 1. The number of hydrogen-bond donors (Lipinski definition) is 0. The van der Waals surface area contributed by atoms with E-state index in [1.807, 2.05) is 28.0 Å². The Morgan fingerprint density at radius 2 is 2.00 bits per heavy atom. The molecule has 0 bridgehead atoms. The molecule has 0 fully saturated rings. The first kappa shape index (κ1) is 22.8. The van der Waals surface area contributed by atoms with E-state index in [1.54, 1.807) is 18.2 Å².